The smallest absolute Gasteiger partial charge is 0.233 e. The number of benzene rings is 2. The van der Waals surface area contributed by atoms with E-state index in [-0.39, 0.29) is 11.7 Å². The van der Waals surface area contributed by atoms with Gasteiger partial charge in [-0.05, 0) is 61.5 Å². The number of nitrogens with zero attached hydrogens (tertiary/aromatic N) is 6. The van der Waals surface area contributed by atoms with E-state index in [1.807, 2.05) is 77.1 Å². The molecular weight excluding hydrogens is 508 g/mol. The third-order valence-corrected chi connectivity index (χ3v) is 7.24. The summed E-state index contributed by atoms with van der Waals surface area (Å²) in [6.45, 7) is 5.42. The second-order valence-electron chi connectivity index (χ2n) is 8.45. The number of hydrogen-bond acceptors (Lipinski definition) is 7. The van der Waals surface area contributed by atoms with Crippen LogP contribution in [0.5, 0.6) is 5.75 Å². The Morgan fingerprint density at radius 3 is 2.51 bits per heavy atom. The standard InChI is InChI=1S/C27H27ClN6O2S/c1-2-36-24-10-8-22(9-11-24)34-26(20-5-4-12-29-18-20)30-31-27(34)37-19-25(35)33-15-13-32(14-16-33)23-7-3-6-21(28)17-23/h3-12,17-18H,2,13-16,19H2,1H3. The number of amides is 1. The Morgan fingerprint density at radius 1 is 1.00 bits per heavy atom. The molecule has 0 spiro atoms. The molecule has 8 nitrogen and oxygen atoms in total. The average molecular weight is 535 g/mol. The van der Waals surface area contributed by atoms with Gasteiger partial charge in [0.25, 0.3) is 0 Å². The second kappa shape index (κ2) is 11.7. The van der Waals surface area contributed by atoms with Crippen molar-refractivity contribution in [3.63, 3.8) is 0 Å². The molecule has 1 aliphatic heterocycles. The summed E-state index contributed by atoms with van der Waals surface area (Å²) >= 11 is 7.53. The summed E-state index contributed by atoms with van der Waals surface area (Å²) in [4.78, 5) is 21.5. The van der Waals surface area contributed by atoms with Crippen LogP contribution in [0.4, 0.5) is 5.69 Å². The summed E-state index contributed by atoms with van der Waals surface area (Å²) in [5.41, 5.74) is 2.82. The summed E-state index contributed by atoms with van der Waals surface area (Å²) in [6, 6.07) is 19.4. The number of carbonyl (C=O) groups excluding carboxylic acids is 1. The lowest BCUT2D eigenvalue weighted by Crippen LogP contribution is -2.49. The van der Waals surface area contributed by atoms with E-state index in [2.05, 4.69) is 20.1 Å². The van der Waals surface area contributed by atoms with E-state index in [1.165, 1.54) is 11.8 Å². The van der Waals surface area contributed by atoms with Crippen LogP contribution in [0, 0.1) is 0 Å². The van der Waals surface area contributed by atoms with Crippen LogP contribution in [0.2, 0.25) is 5.02 Å². The number of anilines is 1. The predicted octanol–water partition coefficient (Wildman–Crippen LogP) is 4.82. The van der Waals surface area contributed by atoms with Gasteiger partial charge in [0.2, 0.25) is 5.91 Å². The molecule has 0 radical (unpaired) electrons. The van der Waals surface area contributed by atoms with Crippen molar-refractivity contribution in [1.82, 2.24) is 24.6 Å². The molecule has 0 atom stereocenters. The molecule has 3 heterocycles. The van der Waals surface area contributed by atoms with E-state index < -0.39 is 0 Å². The van der Waals surface area contributed by atoms with Crippen molar-refractivity contribution in [2.45, 2.75) is 12.1 Å². The van der Waals surface area contributed by atoms with Crippen LogP contribution in [0.1, 0.15) is 6.92 Å². The molecule has 0 saturated carbocycles. The lowest BCUT2D eigenvalue weighted by Gasteiger charge is -2.36. The van der Waals surface area contributed by atoms with Gasteiger partial charge in [-0.1, -0.05) is 29.4 Å². The topological polar surface area (TPSA) is 76.4 Å². The number of halogens is 1. The molecule has 0 bridgehead atoms. The predicted molar refractivity (Wildman–Crippen MR) is 147 cm³/mol. The van der Waals surface area contributed by atoms with Gasteiger partial charge in [-0.25, -0.2) is 0 Å². The van der Waals surface area contributed by atoms with Gasteiger partial charge in [0, 0.05) is 60.5 Å². The first-order valence-electron chi connectivity index (χ1n) is 12.1. The molecule has 5 rings (SSSR count). The summed E-state index contributed by atoms with van der Waals surface area (Å²) in [5.74, 6) is 1.82. The largest absolute Gasteiger partial charge is 0.494 e. The maximum absolute atomic E-state index is 13.1. The van der Waals surface area contributed by atoms with Gasteiger partial charge in [0.05, 0.1) is 12.4 Å². The monoisotopic (exact) mass is 534 g/mol. The zero-order valence-corrected chi connectivity index (χ0v) is 22.0. The Morgan fingerprint density at radius 2 is 1.81 bits per heavy atom. The summed E-state index contributed by atoms with van der Waals surface area (Å²) in [7, 11) is 0. The van der Waals surface area contributed by atoms with Gasteiger partial charge in [0.15, 0.2) is 11.0 Å². The van der Waals surface area contributed by atoms with Gasteiger partial charge in [0.1, 0.15) is 5.75 Å². The zero-order valence-electron chi connectivity index (χ0n) is 20.5. The Labute approximate surface area is 225 Å². The van der Waals surface area contributed by atoms with Gasteiger partial charge < -0.3 is 14.5 Å². The summed E-state index contributed by atoms with van der Waals surface area (Å²) < 4.78 is 7.56. The minimum Gasteiger partial charge on any atom is -0.494 e. The minimum absolute atomic E-state index is 0.0833. The molecule has 1 fully saturated rings. The van der Waals surface area contributed by atoms with Crippen LogP contribution < -0.4 is 9.64 Å². The van der Waals surface area contributed by atoms with E-state index in [1.54, 1.807) is 12.4 Å². The van der Waals surface area contributed by atoms with E-state index >= 15 is 0 Å². The Balaban J connectivity index is 1.29. The van der Waals surface area contributed by atoms with E-state index in [9.17, 15) is 4.79 Å². The van der Waals surface area contributed by atoms with Crippen LogP contribution in [-0.4, -0.2) is 69.1 Å². The van der Waals surface area contributed by atoms with Crippen LogP contribution in [0.15, 0.2) is 78.2 Å². The van der Waals surface area contributed by atoms with Gasteiger partial charge >= 0.3 is 0 Å². The van der Waals surface area contributed by atoms with E-state index in [0.29, 0.717) is 30.7 Å². The third-order valence-electron chi connectivity index (χ3n) is 6.09. The first-order chi connectivity index (χ1) is 18.1. The fourth-order valence-electron chi connectivity index (χ4n) is 4.24. The van der Waals surface area contributed by atoms with Crippen molar-refractivity contribution in [2.24, 2.45) is 0 Å². The highest BCUT2D eigenvalue weighted by Gasteiger charge is 2.23. The molecule has 0 N–H and O–H groups in total. The lowest BCUT2D eigenvalue weighted by atomic mass is 10.2. The fourth-order valence-corrected chi connectivity index (χ4v) is 5.28. The number of aromatic nitrogens is 4. The van der Waals surface area contributed by atoms with Crippen LogP contribution in [-0.2, 0) is 4.79 Å². The maximum atomic E-state index is 13.1. The fraction of sp³-hybridized carbons (Fsp3) is 0.259. The van der Waals surface area contributed by atoms with Crippen molar-refractivity contribution in [3.05, 3.63) is 78.1 Å². The minimum atomic E-state index is 0.0833. The first kappa shape index (κ1) is 25.1. The molecular formula is C27H27ClN6O2S. The molecule has 2 aromatic heterocycles. The molecule has 190 valence electrons. The van der Waals surface area contributed by atoms with E-state index in [0.717, 1.165) is 40.8 Å². The van der Waals surface area contributed by atoms with Crippen LogP contribution in [0.3, 0.4) is 0 Å². The van der Waals surface area contributed by atoms with Gasteiger partial charge in [-0.3, -0.25) is 14.3 Å². The molecule has 0 aliphatic carbocycles. The number of carbonyl (C=O) groups is 1. The quantitative estimate of drug-likeness (QED) is 0.300. The van der Waals surface area contributed by atoms with Crippen molar-refractivity contribution in [3.8, 4) is 22.8 Å². The summed E-state index contributed by atoms with van der Waals surface area (Å²) in [6.07, 6.45) is 3.48. The third kappa shape index (κ3) is 5.89. The van der Waals surface area contributed by atoms with Gasteiger partial charge in [-0.15, -0.1) is 10.2 Å². The Kier molecular flexibility index (Phi) is 7.91. The number of pyridine rings is 1. The van der Waals surface area contributed by atoms with Crippen LogP contribution in [0.25, 0.3) is 17.1 Å². The molecule has 4 aromatic rings. The SMILES string of the molecule is CCOc1ccc(-n2c(SCC(=O)N3CCN(c4cccc(Cl)c4)CC3)nnc2-c2cccnc2)cc1. The molecule has 1 amide bonds. The van der Waals surface area contributed by atoms with Crippen molar-refractivity contribution >= 4 is 35.0 Å². The molecule has 2 aromatic carbocycles. The average Bonchev–Trinajstić information content (AvgIpc) is 3.37. The van der Waals surface area contributed by atoms with Crippen LogP contribution >= 0.6 is 23.4 Å². The highest BCUT2D eigenvalue weighted by atomic mass is 35.5. The van der Waals surface area contributed by atoms with Gasteiger partial charge in [-0.2, -0.15) is 0 Å². The number of thioether (sulfide) groups is 1. The van der Waals surface area contributed by atoms with E-state index in [4.69, 9.17) is 16.3 Å². The Hall–Kier alpha value is -3.56. The maximum Gasteiger partial charge on any atom is 0.233 e. The first-order valence-corrected chi connectivity index (χ1v) is 13.5. The molecule has 1 saturated heterocycles. The van der Waals surface area contributed by atoms with Crippen molar-refractivity contribution < 1.29 is 9.53 Å². The van der Waals surface area contributed by atoms with Crippen molar-refractivity contribution in [1.29, 1.82) is 0 Å². The van der Waals surface area contributed by atoms with Crippen molar-refractivity contribution in [2.75, 3.05) is 43.4 Å². The summed E-state index contributed by atoms with van der Waals surface area (Å²) in [5, 5.41) is 10.2. The molecule has 37 heavy (non-hydrogen) atoms. The Bertz CT molecular complexity index is 1340. The number of rotatable bonds is 8. The zero-order chi connectivity index (χ0) is 25.6. The molecule has 10 heteroatoms. The molecule has 1 aliphatic rings. The highest BCUT2D eigenvalue weighted by molar-refractivity contribution is 7.99. The number of piperazine rings is 1. The lowest BCUT2D eigenvalue weighted by molar-refractivity contribution is -0.128. The number of ether oxygens (including phenoxy) is 1. The number of hydrogen-bond donors (Lipinski definition) is 0. The highest BCUT2D eigenvalue weighted by Crippen LogP contribution is 2.29. The second-order valence-corrected chi connectivity index (χ2v) is 9.83. The normalized spacial score (nSPS) is 13.6. The molecule has 0 unspecified atom stereocenters.